The van der Waals surface area contributed by atoms with Crippen molar-refractivity contribution in [3.05, 3.63) is 35.6 Å². The maximum Gasteiger partial charge on any atom is 0.401 e. The van der Waals surface area contributed by atoms with Crippen LogP contribution in [0.5, 0.6) is 0 Å². The summed E-state index contributed by atoms with van der Waals surface area (Å²) >= 11 is 0. The third-order valence-corrected chi connectivity index (χ3v) is 3.68. The van der Waals surface area contributed by atoms with Crippen LogP contribution < -0.4 is 5.32 Å². The van der Waals surface area contributed by atoms with Gasteiger partial charge in [-0.25, -0.2) is 4.39 Å². The first-order valence-electron chi connectivity index (χ1n) is 7.09. The first-order chi connectivity index (χ1) is 9.83. The molecular weight excluding hydrogens is 284 g/mol. The highest BCUT2D eigenvalue weighted by atomic mass is 19.4. The molecule has 0 aromatic heterocycles. The fraction of sp³-hybridized carbons (Fsp3) is 0.600. The van der Waals surface area contributed by atoms with Crippen LogP contribution in [-0.2, 0) is 6.54 Å². The van der Waals surface area contributed by atoms with E-state index in [0.717, 1.165) is 6.54 Å². The molecule has 2 atom stereocenters. The summed E-state index contributed by atoms with van der Waals surface area (Å²) in [7, 11) is 0. The van der Waals surface area contributed by atoms with E-state index in [4.69, 9.17) is 0 Å². The van der Waals surface area contributed by atoms with Crippen LogP contribution in [0.4, 0.5) is 17.6 Å². The second-order valence-corrected chi connectivity index (χ2v) is 5.82. The molecule has 1 aliphatic heterocycles. The standard InChI is InChI=1S/C15H20F4N2/c1-11-6-13(20-10-15(17,18)19)9-21(7-11)8-12-4-2-3-5-14(12)16/h2-5,11,13,20H,6-10H2,1H3. The number of rotatable bonds is 4. The van der Waals surface area contributed by atoms with Crippen LogP contribution >= 0.6 is 0 Å². The van der Waals surface area contributed by atoms with E-state index in [0.29, 0.717) is 25.1 Å². The molecule has 0 spiro atoms. The molecule has 2 nitrogen and oxygen atoms in total. The van der Waals surface area contributed by atoms with Crippen LogP contribution in [0.2, 0.25) is 0 Å². The van der Waals surface area contributed by atoms with Gasteiger partial charge >= 0.3 is 6.18 Å². The van der Waals surface area contributed by atoms with Gasteiger partial charge in [-0.15, -0.1) is 0 Å². The first kappa shape index (κ1) is 16.2. The van der Waals surface area contributed by atoms with Crippen molar-refractivity contribution in [2.75, 3.05) is 19.6 Å². The molecule has 1 heterocycles. The van der Waals surface area contributed by atoms with E-state index in [1.807, 2.05) is 11.8 Å². The molecule has 6 heteroatoms. The lowest BCUT2D eigenvalue weighted by molar-refractivity contribution is -0.127. The molecule has 1 saturated heterocycles. The van der Waals surface area contributed by atoms with Gasteiger partial charge in [-0.1, -0.05) is 25.1 Å². The first-order valence-corrected chi connectivity index (χ1v) is 7.09. The molecule has 1 aromatic carbocycles. The van der Waals surface area contributed by atoms with Crippen LogP contribution in [0.1, 0.15) is 18.9 Å². The van der Waals surface area contributed by atoms with Gasteiger partial charge in [0.25, 0.3) is 0 Å². The van der Waals surface area contributed by atoms with E-state index in [1.165, 1.54) is 6.07 Å². The number of benzene rings is 1. The van der Waals surface area contributed by atoms with Crippen molar-refractivity contribution in [3.8, 4) is 0 Å². The van der Waals surface area contributed by atoms with E-state index in [2.05, 4.69) is 5.32 Å². The smallest absolute Gasteiger partial charge is 0.305 e. The van der Waals surface area contributed by atoms with E-state index >= 15 is 0 Å². The van der Waals surface area contributed by atoms with Crippen molar-refractivity contribution in [1.29, 1.82) is 0 Å². The van der Waals surface area contributed by atoms with Gasteiger partial charge in [0, 0.05) is 31.2 Å². The molecule has 21 heavy (non-hydrogen) atoms. The molecule has 1 fully saturated rings. The maximum atomic E-state index is 13.7. The Labute approximate surface area is 122 Å². The SMILES string of the molecule is CC1CC(NCC(F)(F)F)CN(Cc2ccccc2F)C1. The van der Waals surface area contributed by atoms with Crippen molar-refractivity contribution in [2.45, 2.75) is 32.1 Å². The molecule has 1 aromatic rings. The van der Waals surface area contributed by atoms with Crippen molar-refractivity contribution in [1.82, 2.24) is 10.2 Å². The average molecular weight is 304 g/mol. The predicted octanol–water partition coefficient (Wildman–Crippen LogP) is 3.19. The molecular formula is C15H20F4N2. The molecule has 2 rings (SSSR count). The molecule has 2 unspecified atom stereocenters. The lowest BCUT2D eigenvalue weighted by Gasteiger charge is -2.37. The highest BCUT2D eigenvalue weighted by Crippen LogP contribution is 2.21. The zero-order chi connectivity index (χ0) is 15.5. The van der Waals surface area contributed by atoms with E-state index in [1.54, 1.807) is 18.2 Å². The maximum absolute atomic E-state index is 13.7. The number of hydrogen-bond donors (Lipinski definition) is 1. The van der Waals surface area contributed by atoms with E-state index in [9.17, 15) is 17.6 Å². The summed E-state index contributed by atoms with van der Waals surface area (Å²) in [5.74, 6) is 0.0202. The Hall–Kier alpha value is -1.14. The minimum absolute atomic E-state index is 0.206. The normalized spacial score (nSPS) is 24.2. The number of halogens is 4. The molecule has 1 N–H and O–H groups in total. The summed E-state index contributed by atoms with van der Waals surface area (Å²) in [6, 6.07) is 6.31. The van der Waals surface area contributed by atoms with Crippen molar-refractivity contribution < 1.29 is 17.6 Å². The molecule has 0 amide bonds. The zero-order valence-electron chi connectivity index (χ0n) is 12.0. The highest BCUT2D eigenvalue weighted by Gasteiger charge is 2.31. The van der Waals surface area contributed by atoms with Crippen molar-refractivity contribution >= 4 is 0 Å². The fourth-order valence-corrected chi connectivity index (χ4v) is 2.87. The second kappa shape index (κ2) is 6.75. The monoisotopic (exact) mass is 304 g/mol. The van der Waals surface area contributed by atoms with Crippen LogP contribution in [0, 0.1) is 11.7 Å². The largest absolute Gasteiger partial charge is 0.401 e. The van der Waals surface area contributed by atoms with Gasteiger partial charge in [-0.05, 0) is 18.4 Å². The quantitative estimate of drug-likeness (QED) is 0.860. The summed E-state index contributed by atoms with van der Waals surface area (Å²) in [6.45, 7) is 2.75. The van der Waals surface area contributed by atoms with Crippen LogP contribution in [0.3, 0.4) is 0 Å². The molecule has 0 aliphatic carbocycles. The van der Waals surface area contributed by atoms with Crippen LogP contribution in [-0.4, -0.2) is 36.8 Å². The van der Waals surface area contributed by atoms with E-state index < -0.39 is 12.7 Å². The highest BCUT2D eigenvalue weighted by molar-refractivity contribution is 5.17. The number of alkyl halides is 3. The van der Waals surface area contributed by atoms with Crippen molar-refractivity contribution in [2.24, 2.45) is 5.92 Å². The number of hydrogen-bond acceptors (Lipinski definition) is 2. The number of nitrogens with zero attached hydrogens (tertiary/aromatic N) is 1. The molecule has 0 bridgehead atoms. The Morgan fingerprint density at radius 3 is 2.62 bits per heavy atom. The van der Waals surface area contributed by atoms with Gasteiger partial charge < -0.3 is 5.32 Å². The Balaban J connectivity index is 1.93. The Bertz CT molecular complexity index is 461. The number of piperidine rings is 1. The third kappa shape index (κ3) is 5.28. The lowest BCUT2D eigenvalue weighted by Crippen LogP contribution is -2.50. The summed E-state index contributed by atoms with van der Waals surface area (Å²) in [4.78, 5) is 2.01. The third-order valence-electron chi connectivity index (χ3n) is 3.68. The summed E-state index contributed by atoms with van der Waals surface area (Å²) in [5.41, 5.74) is 0.584. The Morgan fingerprint density at radius 2 is 1.95 bits per heavy atom. The minimum atomic E-state index is -4.20. The Morgan fingerprint density at radius 1 is 1.24 bits per heavy atom. The van der Waals surface area contributed by atoms with Crippen LogP contribution in [0.25, 0.3) is 0 Å². The summed E-state index contributed by atoms with van der Waals surface area (Å²) in [5, 5.41) is 2.56. The number of likely N-dealkylation sites (tertiary alicyclic amines) is 1. The molecule has 0 saturated carbocycles. The fourth-order valence-electron chi connectivity index (χ4n) is 2.87. The van der Waals surface area contributed by atoms with Gasteiger partial charge in [0.1, 0.15) is 5.82 Å². The van der Waals surface area contributed by atoms with Crippen LogP contribution in [0.15, 0.2) is 24.3 Å². The summed E-state index contributed by atoms with van der Waals surface area (Å²) < 4.78 is 50.5. The van der Waals surface area contributed by atoms with Crippen molar-refractivity contribution in [3.63, 3.8) is 0 Å². The van der Waals surface area contributed by atoms with Gasteiger partial charge in [-0.3, -0.25) is 4.90 Å². The summed E-state index contributed by atoms with van der Waals surface area (Å²) in [6.07, 6.45) is -3.49. The Kier molecular flexibility index (Phi) is 5.22. The molecule has 118 valence electrons. The predicted molar refractivity (Wildman–Crippen MR) is 73.3 cm³/mol. The minimum Gasteiger partial charge on any atom is -0.305 e. The van der Waals surface area contributed by atoms with E-state index in [-0.39, 0.29) is 17.8 Å². The molecule has 0 radical (unpaired) electrons. The lowest BCUT2D eigenvalue weighted by atomic mass is 9.95. The molecule has 1 aliphatic rings. The zero-order valence-corrected chi connectivity index (χ0v) is 12.0. The van der Waals surface area contributed by atoms with Gasteiger partial charge in [0.15, 0.2) is 0 Å². The number of nitrogens with one attached hydrogen (secondary N) is 1. The average Bonchev–Trinajstić information content (AvgIpc) is 2.38. The van der Waals surface area contributed by atoms with Gasteiger partial charge in [0.2, 0.25) is 0 Å². The van der Waals surface area contributed by atoms with Gasteiger partial charge in [-0.2, -0.15) is 13.2 Å². The van der Waals surface area contributed by atoms with Gasteiger partial charge in [0.05, 0.1) is 6.54 Å². The topological polar surface area (TPSA) is 15.3 Å². The second-order valence-electron chi connectivity index (χ2n) is 5.82.